The van der Waals surface area contributed by atoms with Gasteiger partial charge in [0.15, 0.2) is 0 Å². The molecule has 2 atom stereocenters. The highest BCUT2D eigenvalue weighted by Crippen LogP contribution is 2.56. The first-order valence-corrected chi connectivity index (χ1v) is 5.89. The van der Waals surface area contributed by atoms with Crippen LogP contribution >= 0.6 is 0 Å². The zero-order chi connectivity index (χ0) is 10.9. The Kier molecular flexibility index (Phi) is 2.83. The van der Waals surface area contributed by atoms with Gasteiger partial charge in [0.1, 0.15) is 0 Å². The summed E-state index contributed by atoms with van der Waals surface area (Å²) in [6, 6.07) is 11.0. The minimum absolute atomic E-state index is 0.458. The van der Waals surface area contributed by atoms with Crippen molar-refractivity contribution >= 4 is 0 Å². The Labute approximate surface area is 93.1 Å². The Bertz CT molecular complexity index is 317. The van der Waals surface area contributed by atoms with Gasteiger partial charge in [0.2, 0.25) is 0 Å². The van der Waals surface area contributed by atoms with E-state index in [1.807, 2.05) is 0 Å². The van der Waals surface area contributed by atoms with Crippen molar-refractivity contribution in [1.82, 2.24) is 4.90 Å². The molecule has 0 heterocycles. The molecule has 0 spiro atoms. The number of benzene rings is 1. The number of hydrogen-bond donors (Lipinski definition) is 0. The van der Waals surface area contributed by atoms with Gasteiger partial charge >= 0.3 is 0 Å². The fourth-order valence-corrected chi connectivity index (χ4v) is 2.89. The first-order chi connectivity index (χ1) is 7.19. The Balaban J connectivity index is 2.22. The topological polar surface area (TPSA) is 3.24 Å². The molecular weight excluding hydrogens is 182 g/mol. The predicted molar refractivity (Wildman–Crippen MR) is 65.1 cm³/mol. The van der Waals surface area contributed by atoms with E-state index in [4.69, 9.17) is 0 Å². The number of rotatable bonds is 4. The lowest BCUT2D eigenvalue weighted by molar-refractivity contribution is 0.347. The molecule has 1 aromatic carbocycles. The standard InChI is InChI=1S/C14H21N/c1-4-12-10-14(12,11-15(2)3)13-8-6-5-7-9-13/h5-9,12H,4,10-11H2,1-3H3. The lowest BCUT2D eigenvalue weighted by atomic mass is 9.92. The average Bonchev–Trinajstić information content (AvgIpc) is 2.93. The second kappa shape index (κ2) is 3.97. The van der Waals surface area contributed by atoms with Crippen molar-refractivity contribution in [3.63, 3.8) is 0 Å². The molecule has 0 N–H and O–H groups in total. The maximum Gasteiger partial charge on any atom is 0.0111 e. The first kappa shape index (κ1) is 10.7. The quantitative estimate of drug-likeness (QED) is 0.727. The van der Waals surface area contributed by atoms with Gasteiger partial charge in [0.05, 0.1) is 0 Å². The molecular formula is C14H21N. The Morgan fingerprint density at radius 3 is 2.40 bits per heavy atom. The summed E-state index contributed by atoms with van der Waals surface area (Å²) >= 11 is 0. The summed E-state index contributed by atoms with van der Waals surface area (Å²) in [6.07, 6.45) is 2.68. The van der Waals surface area contributed by atoms with E-state index in [1.54, 1.807) is 0 Å². The van der Waals surface area contributed by atoms with Crippen LogP contribution in [0.4, 0.5) is 0 Å². The van der Waals surface area contributed by atoms with Crippen LogP contribution in [0.1, 0.15) is 25.3 Å². The van der Waals surface area contributed by atoms with Crippen LogP contribution in [0.5, 0.6) is 0 Å². The Morgan fingerprint density at radius 1 is 1.27 bits per heavy atom. The number of likely N-dealkylation sites (N-methyl/N-ethyl adjacent to an activating group) is 1. The third kappa shape index (κ3) is 1.93. The second-order valence-electron chi connectivity index (χ2n) is 5.07. The van der Waals surface area contributed by atoms with Crippen LogP contribution in [0.25, 0.3) is 0 Å². The minimum Gasteiger partial charge on any atom is -0.309 e. The van der Waals surface area contributed by atoms with Crippen molar-refractivity contribution in [3.8, 4) is 0 Å². The van der Waals surface area contributed by atoms with Crippen LogP contribution in [0.3, 0.4) is 0 Å². The van der Waals surface area contributed by atoms with Crippen molar-refractivity contribution in [2.24, 2.45) is 5.92 Å². The van der Waals surface area contributed by atoms with E-state index in [2.05, 4.69) is 56.3 Å². The van der Waals surface area contributed by atoms with Gasteiger partial charge in [-0.3, -0.25) is 0 Å². The summed E-state index contributed by atoms with van der Waals surface area (Å²) in [5.74, 6) is 0.891. The van der Waals surface area contributed by atoms with Gasteiger partial charge in [-0.05, 0) is 32.0 Å². The van der Waals surface area contributed by atoms with Crippen molar-refractivity contribution in [2.75, 3.05) is 20.6 Å². The zero-order valence-electron chi connectivity index (χ0n) is 10.0. The Hall–Kier alpha value is -0.820. The fraction of sp³-hybridized carbons (Fsp3) is 0.571. The lowest BCUT2D eigenvalue weighted by Gasteiger charge is -2.22. The van der Waals surface area contributed by atoms with Gasteiger partial charge < -0.3 is 4.90 Å². The zero-order valence-corrected chi connectivity index (χ0v) is 10.0. The van der Waals surface area contributed by atoms with E-state index in [9.17, 15) is 0 Å². The molecule has 0 radical (unpaired) electrons. The molecule has 0 amide bonds. The Morgan fingerprint density at radius 2 is 1.93 bits per heavy atom. The summed E-state index contributed by atoms with van der Waals surface area (Å²) in [7, 11) is 4.35. The highest BCUT2D eigenvalue weighted by atomic mass is 15.1. The molecule has 82 valence electrons. The molecule has 15 heavy (non-hydrogen) atoms. The molecule has 0 saturated heterocycles. The minimum atomic E-state index is 0.458. The molecule has 0 aliphatic heterocycles. The molecule has 2 unspecified atom stereocenters. The maximum absolute atomic E-state index is 2.32. The van der Waals surface area contributed by atoms with Crippen molar-refractivity contribution < 1.29 is 0 Å². The van der Waals surface area contributed by atoms with Crippen LogP contribution in [0, 0.1) is 5.92 Å². The predicted octanol–water partition coefficient (Wildman–Crippen LogP) is 2.92. The molecule has 0 aromatic heterocycles. The third-order valence-corrected chi connectivity index (χ3v) is 3.67. The molecule has 1 aliphatic rings. The summed E-state index contributed by atoms with van der Waals surface area (Å²) in [6.45, 7) is 3.50. The van der Waals surface area contributed by atoms with Crippen molar-refractivity contribution in [2.45, 2.75) is 25.2 Å². The fourth-order valence-electron chi connectivity index (χ4n) is 2.89. The van der Waals surface area contributed by atoms with E-state index in [0.29, 0.717) is 5.41 Å². The van der Waals surface area contributed by atoms with Gasteiger partial charge in [0, 0.05) is 12.0 Å². The van der Waals surface area contributed by atoms with Crippen LogP contribution in [0.2, 0.25) is 0 Å². The van der Waals surface area contributed by atoms with Crippen molar-refractivity contribution in [3.05, 3.63) is 35.9 Å². The van der Waals surface area contributed by atoms with Gasteiger partial charge in [0.25, 0.3) is 0 Å². The molecule has 1 fully saturated rings. The van der Waals surface area contributed by atoms with Crippen LogP contribution in [-0.4, -0.2) is 25.5 Å². The van der Waals surface area contributed by atoms with E-state index < -0.39 is 0 Å². The average molecular weight is 203 g/mol. The van der Waals surface area contributed by atoms with E-state index >= 15 is 0 Å². The van der Waals surface area contributed by atoms with E-state index in [1.165, 1.54) is 24.9 Å². The SMILES string of the molecule is CCC1CC1(CN(C)C)c1ccccc1. The normalized spacial score (nSPS) is 29.5. The summed E-state index contributed by atoms with van der Waals surface area (Å²) < 4.78 is 0. The summed E-state index contributed by atoms with van der Waals surface area (Å²) in [5, 5.41) is 0. The molecule has 1 aromatic rings. The highest BCUT2D eigenvalue weighted by molar-refractivity contribution is 5.34. The van der Waals surface area contributed by atoms with Crippen molar-refractivity contribution in [1.29, 1.82) is 0 Å². The summed E-state index contributed by atoms with van der Waals surface area (Å²) in [5.41, 5.74) is 1.99. The van der Waals surface area contributed by atoms with Gasteiger partial charge in [-0.15, -0.1) is 0 Å². The van der Waals surface area contributed by atoms with E-state index in [0.717, 1.165) is 5.92 Å². The van der Waals surface area contributed by atoms with Gasteiger partial charge in [-0.2, -0.15) is 0 Å². The first-order valence-electron chi connectivity index (χ1n) is 5.89. The van der Waals surface area contributed by atoms with Gasteiger partial charge in [-0.25, -0.2) is 0 Å². The lowest BCUT2D eigenvalue weighted by Crippen LogP contribution is -2.27. The molecule has 1 saturated carbocycles. The summed E-state index contributed by atoms with van der Waals surface area (Å²) in [4.78, 5) is 2.32. The van der Waals surface area contributed by atoms with Crippen LogP contribution < -0.4 is 0 Å². The number of hydrogen-bond acceptors (Lipinski definition) is 1. The highest BCUT2D eigenvalue weighted by Gasteiger charge is 2.53. The number of nitrogens with zero attached hydrogens (tertiary/aromatic N) is 1. The molecule has 0 bridgehead atoms. The monoisotopic (exact) mass is 203 g/mol. The molecule has 1 nitrogen and oxygen atoms in total. The van der Waals surface area contributed by atoms with Crippen LogP contribution in [0.15, 0.2) is 30.3 Å². The van der Waals surface area contributed by atoms with Crippen LogP contribution in [-0.2, 0) is 5.41 Å². The second-order valence-corrected chi connectivity index (χ2v) is 5.07. The van der Waals surface area contributed by atoms with E-state index in [-0.39, 0.29) is 0 Å². The largest absolute Gasteiger partial charge is 0.309 e. The third-order valence-electron chi connectivity index (χ3n) is 3.67. The molecule has 1 heteroatoms. The maximum atomic E-state index is 2.32. The smallest absolute Gasteiger partial charge is 0.0111 e. The van der Waals surface area contributed by atoms with Gasteiger partial charge in [-0.1, -0.05) is 43.7 Å². The molecule has 2 rings (SSSR count). The molecule has 1 aliphatic carbocycles.